The Balaban J connectivity index is 1.47. The van der Waals surface area contributed by atoms with Gasteiger partial charge >= 0.3 is 0 Å². The largest absolute Gasteiger partial charge is 0.326 e. The molecule has 0 bridgehead atoms. The number of aromatic nitrogens is 1. The second kappa shape index (κ2) is 6.60. The number of carbonyl (C=O) groups excluding carboxylic acids is 1. The zero-order valence-electron chi connectivity index (χ0n) is 14.1. The van der Waals surface area contributed by atoms with Gasteiger partial charge in [0, 0.05) is 34.8 Å². The number of carbonyl (C=O) groups is 1. The third kappa shape index (κ3) is 3.66. The molecule has 0 aliphatic heterocycles. The lowest BCUT2D eigenvalue weighted by Crippen LogP contribution is -2.14. The van der Waals surface area contributed by atoms with Crippen LogP contribution in [0.5, 0.6) is 0 Å². The van der Waals surface area contributed by atoms with Crippen molar-refractivity contribution >= 4 is 44.0 Å². The smallest absolute Gasteiger partial charge is 0.238 e. The highest BCUT2D eigenvalue weighted by Gasteiger charge is 2.43. The molecule has 1 aromatic heterocycles. The molecular formula is C19H16ClN3O3S. The Morgan fingerprint density at radius 1 is 1.15 bits per heavy atom. The zero-order chi connectivity index (χ0) is 19.2. The summed E-state index contributed by atoms with van der Waals surface area (Å²) in [6, 6.07) is 11.9. The number of nitrogens with two attached hydrogens (primary N) is 1. The third-order valence-electron chi connectivity index (χ3n) is 4.74. The van der Waals surface area contributed by atoms with Crippen molar-refractivity contribution in [3.63, 3.8) is 0 Å². The van der Waals surface area contributed by atoms with Crippen LogP contribution in [0.1, 0.15) is 17.9 Å². The first-order valence-corrected chi connectivity index (χ1v) is 10.2. The van der Waals surface area contributed by atoms with E-state index >= 15 is 0 Å². The van der Waals surface area contributed by atoms with Gasteiger partial charge < -0.3 is 5.32 Å². The molecule has 0 unspecified atom stereocenters. The highest BCUT2D eigenvalue weighted by molar-refractivity contribution is 7.89. The second-order valence-electron chi connectivity index (χ2n) is 6.61. The maximum absolute atomic E-state index is 12.5. The van der Waals surface area contributed by atoms with Gasteiger partial charge in [-0.15, -0.1) is 0 Å². The van der Waals surface area contributed by atoms with Gasteiger partial charge in [-0.05, 0) is 42.2 Å². The lowest BCUT2D eigenvalue weighted by molar-refractivity contribution is -0.117. The van der Waals surface area contributed by atoms with Crippen molar-refractivity contribution in [2.75, 3.05) is 5.32 Å². The summed E-state index contributed by atoms with van der Waals surface area (Å²) < 4.78 is 22.6. The molecule has 1 aliphatic carbocycles. The topological polar surface area (TPSA) is 102 Å². The van der Waals surface area contributed by atoms with Gasteiger partial charge in [-0.3, -0.25) is 9.78 Å². The summed E-state index contributed by atoms with van der Waals surface area (Å²) in [5.74, 6) is -0.137. The van der Waals surface area contributed by atoms with E-state index in [0.717, 1.165) is 22.8 Å². The lowest BCUT2D eigenvalue weighted by atomic mass is 10.1. The average Bonchev–Trinajstić information content (AvgIpc) is 3.43. The van der Waals surface area contributed by atoms with Gasteiger partial charge in [0.1, 0.15) is 0 Å². The number of halogens is 1. The molecule has 4 rings (SSSR count). The van der Waals surface area contributed by atoms with E-state index in [2.05, 4.69) is 10.3 Å². The van der Waals surface area contributed by atoms with Crippen LogP contribution < -0.4 is 10.5 Å². The molecule has 0 radical (unpaired) electrons. The van der Waals surface area contributed by atoms with E-state index in [1.807, 2.05) is 18.2 Å². The van der Waals surface area contributed by atoms with Crippen molar-refractivity contribution in [1.82, 2.24) is 4.98 Å². The van der Waals surface area contributed by atoms with Crippen molar-refractivity contribution in [1.29, 1.82) is 0 Å². The molecule has 1 saturated carbocycles. The molecule has 0 saturated heterocycles. The summed E-state index contributed by atoms with van der Waals surface area (Å²) in [5.41, 5.74) is 1.60. The van der Waals surface area contributed by atoms with Crippen LogP contribution in [0.25, 0.3) is 10.8 Å². The lowest BCUT2D eigenvalue weighted by Gasteiger charge is -2.07. The van der Waals surface area contributed by atoms with Crippen molar-refractivity contribution in [2.24, 2.45) is 11.1 Å². The van der Waals surface area contributed by atoms with Crippen LogP contribution in [0, 0.1) is 5.92 Å². The molecule has 8 heteroatoms. The summed E-state index contributed by atoms with van der Waals surface area (Å²) in [4.78, 5) is 16.6. The number of rotatable bonds is 4. The fourth-order valence-corrected chi connectivity index (χ4v) is 3.93. The number of hydrogen-bond acceptors (Lipinski definition) is 4. The SMILES string of the molecule is NS(=O)(=O)c1ccc([C@@H]2C[C@H]2C(=O)Nc2ccc3cncc(Cl)c3c2)cc1. The maximum atomic E-state index is 12.5. The number of primary sulfonamides is 1. The van der Waals surface area contributed by atoms with E-state index in [1.54, 1.807) is 24.5 Å². The molecule has 6 nitrogen and oxygen atoms in total. The van der Waals surface area contributed by atoms with Crippen molar-refractivity contribution in [3.05, 3.63) is 65.4 Å². The minimum atomic E-state index is -3.71. The molecule has 0 spiro atoms. The van der Waals surface area contributed by atoms with Crippen LogP contribution in [0.3, 0.4) is 0 Å². The maximum Gasteiger partial charge on any atom is 0.238 e. The van der Waals surface area contributed by atoms with Crippen LogP contribution in [0.4, 0.5) is 5.69 Å². The molecule has 1 fully saturated rings. The predicted octanol–water partition coefficient (Wildman–Crippen LogP) is 3.28. The number of anilines is 1. The highest BCUT2D eigenvalue weighted by Crippen LogP contribution is 2.48. The minimum absolute atomic E-state index is 0.0652. The fraction of sp³-hybridized carbons (Fsp3) is 0.158. The molecule has 27 heavy (non-hydrogen) atoms. The van der Waals surface area contributed by atoms with Gasteiger partial charge in [0.05, 0.1) is 9.92 Å². The summed E-state index contributed by atoms with van der Waals surface area (Å²) in [5, 5.41) is 10.3. The molecule has 3 N–H and O–H groups in total. The molecule has 2 atom stereocenters. The molecule has 1 amide bonds. The van der Waals surface area contributed by atoms with Crippen molar-refractivity contribution in [2.45, 2.75) is 17.2 Å². The van der Waals surface area contributed by atoms with Crippen molar-refractivity contribution in [3.8, 4) is 0 Å². The molecule has 2 aromatic carbocycles. The summed E-state index contributed by atoms with van der Waals surface area (Å²) in [6.07, 6.45) is 4.01. The van der Waals surface area contributed by atoms with Crippen molar-refractivity contribution < 1.29 is 13.2 Å². The van der Waals surface area contributed by atoms with Crippen LogP contribution in [0.15, 0.2) is 59.8 Å². The van der Waals surface area contributed by atoms with Gasteiger partial charge in [-0.1, -0.05) is 29.8 Å². The fourth-order valence-electron chi connectivity index (χ4n) is 3.20. The van der Waals surface area contributed by atoms with Gasteiger partial charge in [-0.25, -0.2) is 13.6 Å². The Morgan fingerprint density at radius 3 is 2.59 bits per heavy atom. The Hall–Kier alpha value is -2.48. The molecule has 138 valence electrons. The number of benzene rings is 2. The number of hydrogen-bond donors (Lipinski definition) is 2. The number of fused-ring (bicyclic) bond motifs is 1. The summed E-state index contributed by atoms with van der Waals surface area (Å²) in [6.45, 7) is 0. The average molecular weight is 402 g/mol. The number of nitrogens with zero attached hydrogens (tertiary/aromatic N) is 1. The normalized spacial score (nSPS) is 19.0. The first kappa shape index (κ1) is 17.9. The summed E-state index contributed by atoms with van der Waals surface area (Å²) in [7, 11) is -3.71. The van der Waals surface area contributed by atoms with Gasteiger partial charge in [0.15, 0.2) is 0 Å². The monoisotopic (exact) mass is 401 g/mol. The van der Waals surface area contributed by atoms with Crippen LogP contribution >= 0.6 is 11.6 Å². The first-order chi connectivity index (χ1) is 12.8. The second-order valence-corrected chi connectivity index (χ2v) is 8.58. The summed E-state index contributed by atoms with van der Waals surface area (Å²) >= 11 is 6.16. The van der Waals surface area contributed by atoms with E-state index in [1.165, 1.54) is 12.1 Å². The molecule has 1 aliphatic rings. The Labute approximate surface area is 161 Å². The highest BCUT2D eigenvalue weighted by atomic mass is 35.5. The minimum Gasteiger partial charge on any atom is -0.326 e. The predicted molar refractivity (Wildman–Crippen MR) is 104 cm³/mol. The number of nitrogens with one attached hydrogen (secondary N) is 1. The van der Waals surface area contributed by atoms with Crippen LogP contribution in [-0.2, 0) is 14.8 Å². The van der Waals surface area contributed by atoms with E-state index < -0.39 is 10.0 Å². The number of amides is 1. The number of sulfonamides is 1. The van der Waals surface area contributed by atoms with Crippen LogP contribution in [-0.4, -0.2) is 19.3 Å². The first-order valence-electron chi connectivity index (χ1n) is 8.30. The Kier molecular flexibility index (Phi) is 4.38. The van der Waals surface area contributed by atoms with Gasteiger partial charge in [0.2, 0.25) is 15.9 Å². The van der Waals surface area contributed by atoms with E-state index in [4.69, 9.17) is 16.7 Å². The van der Waals surface area contributed by atoms with E-state index in [0.29, 0.717) is 10.7 Å². The molecule has 3 aromatic rings. The molecular weight excluding hydrogens is 386 g/mol. The van der Waals surface area contributed by atoms with Crippen LogP contribution in [0.2, 0.25) is 5.02 Å². The quantitative estimate of drug-likeness (QED) is 0.700. The number of pyridine rings is 1. The van der Waals surface area contributed by atoms with E-state index in [9.17, 15) is 13.2 Å². The molecule has 1 heterocycles. The standard InChI is InChI=1S/C19H16ClN3O3S/c20-18-10-22-9-12-1-4-13(7-16(12)18)23-19(24)17-8-15(17)11-2-5-14(6-3-11)27(21,25)26/h1-7,9-10,15,17H,8H2,(H,23,24)(H2,21,25,26)/t15-,17+/m0/s1. The van der Waals surface area contributed by atoms with Gasteiger partial charge in [0.25, 0.3) is 0 Å². The third-order valence-corrected chi connectivity index (χ3v) is 5.97. The Bertz CT molecular complexity index is 1150. The Morgan fingerprint density at radius 2 is 1.89 bits per heavy atom. The zero-order valence-corrected chi connectivity index (χ0v) is 15.7. The van der Waals surface area contributed by atoms with Gasteiger partial charge in [-0.2, -0.15) is 0 Å². The van der Waals surface area contributed by atoms with E-state index in [-0.39, 0.29) is 22.6 Å².